The summed E-state index contributed by atoms with van der Waals surface area (Å²) < 4.78 is 5.28. The largest absolute Gasteiger partial charge is 0.497 e. The van der Waals surface area contributed by atoms with Crippen LogP contribution < -0.4 is 10.1 Å². The molecule has 2 heteroatoms. The van der Waals surface area contributed by atoms with Gasteiger partial charge in [-0.05, 0) is 43.5 Å². The second-order valence-corrected chi connectivity index (χ2v) is 5.32. The van der Waals surface area contributed by atoms with Gasteiger partial charge in [0, 0.05) is 6.04 Å². The predicted octanol–water partition coefficient (Wildman–Crippen LogP) is 4.56. The van der Waals surface area contributed by atoms with Crippen molar-refractivity contribution in [2.45, 2.75) is 52.5 Å². The van der Waals surface area contributed by atoms with Crippen molar-refractivity contribution in [3.05, 3.63) is 29.8 Å². The molecule has 0 fully saturated rings. The Labute approximate surface area is 118 Å². The zero-order chi connectivity index (χ0) is 14.1. The van der Waals surface area contributed by atoms with E-state index in [-0.39, 0.29) is 0 Å². The average molecular weight is 263 g/mol. The molecule has 0 aliphatic heterocycles. The van der Waals surface area contributed by atoms with Crippen LogP contribution in [0, 0.1) is 5.92 Å². The fraction of sp³-hybridized carbons (Fsp3) is 0.647. The maximum atomic E-state index is 5.28. The van der Waals surface area contributed by atoms with Crippen LogP contribution in [0.4, 0.5) is 0 Å². The van der Waals surface area contributed by atoms with E-state index in [1.165, 1.54) is 31.2 Å². The van der Waals surface area contributed by atoms with Crippen molar-refractivity contribution in [1.29, 1.82) is 0 Å². The molecule has 108 valence electrons. The summed E-state index contributed by atoms with van der Waals surface area (Å²) in [6.07, 6.45) is 5.23. The van der Waals surface area contributed by atoms with Gasteiger partial charge in [-0.3, -0.25) is 0 Å². The van der Waals surface area contributed by atoms with Crippen molar-refractivity contribution in [2.24, 2.45) is 5.92 Å². The fourth-order valence-electron chi connectivity index (χ4n) is 2.32. The summed E-state index contributed by atoms with van der Waals surface area (Å²) in [7, 11) is 1.72. The van der Waals surface area contributed by atoms with Gasteiger partial charge in [-0.15, -0.1) is 0 Å². The molecule has 0 bridgehead atoms. The van der Waals surface area contributed by atoms with Gasteiger partial charge in [0.1, 0.15) is 5.75 Å². The van der Waals surface area contributed by atoms with Crippen molar-refractivity contribution in [3.8, 4) is 5.75 Å². The smallest absolute Gasteiger partial charge is 0.119 e. The summed E-state index contributed by atoms with van der Waals surface area (Å²) in [5.41, 5.74) is 1.30. The SMILES string of the molecule is CCCCC(CC)CN[C@@H](C)c1cccc(OC)c1. The van der Waals surface area contributed by atoms with Crippen molar-refractivity contribution in [2.75, 3.05) is 13.7 Å². The average Bonchev–Trinajstić information content (AvgIpc) is 2.47. The van der Waals surface area contributed by atoms with Gasteiger partial charge in [0.25, 0.3) is 0 Å². The van der Waals surface area contributed by atoms with Crippen LogP contribution in [0.25, 0.3) is 0 Å². The summed E-state index contributed by atoms with van der Waals surface area (Å²) in [6.45, 7) is 7.88. The molecule has 1 aromatic carbocycles. The Morgan fingerprint density at radius 2 is 2.05 bits per heavy atom. The third-order valence-electron chi connectivity index (χ3n) is 3.85. The quantitative estimate of drug-likeness (QED) is 0.705. The normalized spacial score (nSPS) is 14.1. The second-order valence-electron chi connectivity index (χ2n) is 5.32. The molecule has 1 rings (SSSR count). The maximum Gasteiger partial charge on any atom is 0.119 e. The van der Waals surface area contributed by atoms with E-state index in [1.807, 2.05) is 6.07 Å². The minimum absolute atomic E-state index is 0.380. The highest BCUT2D eigenvalue weighted by atomic mass is 16.5. The Morgan fingerprint density at radius 1 is 1.26 bits per heavy atom. The third-order valence-corrected chi connectivity index (χ3v) is 3.85. The number of hydrogen-bond donors (Lipinski definition) is 1. The number of benzene rings is 1. The second kappa shape index (κ2) is 8.98. The van der Waals surface area contributed by atoms with Crippen LogP contribution >= 0.6 is 0 Å². The highest BCUT2D eigenvalue weighted by Crippen LogP contribution is 2.20. The Bertz CT molecular complexity index is 351. The predicted molar refractivity (Wildman–Crippen MR) is 82.7 cm³/mol. The van der Waals surface area contributed by atoms with Gasteiger partial charge in [0.15, 0.2) is 0 Å². The van der Waals surface area contributed by atoms with Crippen LogP contribution in [-0.4, -0.2) is 13.7 Å². The Morgan fingerprint density at radius 3 is 2.68 bits per heavy atom. The summed E-state index contributed by atoms with van der Waals surface area (Å²) in [5, 5.41) is 3.65. The van der Waals surface area contributed by atoms with Gasteiger partial charge in [-0.1, -0.05) is 45.2 Å². The van der Waals surface area contributed by atoms with E-state index in [0.29, 0.717) is 6.04 Å². The molecule has 0 saturated heterocycles. The zero-order valence-electron chi connectivity index (χ0n) is 12.9. The lowest BCUT2D eigenvalue weighted by Gasteiger charge is -2.20. The molecule has 0 amide bonds. The molecular weight excluding hydrogens is 234 g/mol. The molecule has 0 radical (unpaired) electrons. The first kappa shape index (κ1) is 16.0. The molecule has 0 saturated carbocycles. The molecule has 1 unspecified atom stereocenters. The topological polar surface area (TPSA) is 21.3 Å². The molecule has 0 aliphatic carbocycles. The first-order chi connectivity index (χ1) is 9.21. The third kappa shape index (κ3) is 5.65. The Hall–Kier alpha value is -1.02. The van der Waals surface area contributed by atoms with Gasteiger partial charge < -0.3 is 10.1 Å². The standard InChI is InChI=1S/C17H29NO/c1-5-7-9-15(6-2)13-18-14(3)16-10-8-11-17(12-16)19-4/h8,10-12,14-15,18H,5-7,9,13H2,1-4H3/t14-,15?/m0/s1. The van der Waals surface area contributed by atoms with Crippen LogP contribution in [0.1, 0.15) is 58.1 Å². The monoisotopic (exact) mass is 263 g/mol. The highest BCUT2D eigenvalue weighted by Gasteiger charge is 2.10. The van der Waals surface area contributed by atoms with Gasteiger partial charge in [0.05, 0.1) is 7.11 Å². The molecule has 2 nitrogen and oxygen atoms in total. The summed E-state index contributed by atoms with van der Waals surface area (Å²) in [6, 6.07) is 8.70. The van der Waals surface area contributed by atoms with E-state index in [4.69, 9.17) is 4.74 Å². The maximum absolute atomic E-state index is 5.28. The molecule has 0 spiro atoms. The minimum atomic E-state index is 0.380. The van der Waals surface area contributed by atoms with E-state index in [0.717, 1.165) is 18.2 Å². The Balaban J connectivity index is 2.46. The lowest BCUT2D eigenvalue weighted by atomic mass is 9.98. The number of rotatable bonds is 9. The van der Waals surface area contributed by atoms with E-state index >= 15 is 0 Å². The van der Waals surface area contributed by atoms with E-state index in [2.05, 4.69) is 44.3 Å². The van der Waals surface area contributed by atoms with Gasteiger partial charge in [0.2, 0.25) is 0 Å². The van der Waals surface area contributed by atoms with Gasteiger partial charge in [-0.25, -0.2) is 0 Å². The van der Waals surface area contributed by atoms with E-state index in [9.17, 15) is 0 Å². The van der Waals surface area contributed by atoms with Crippen LogP contribution in [0.5, 0.6) is 5.75 Å². The Kier molecular flexibility index (Phi) is 7.57. The molecule has 19 heavy (non-hydrogen) atoms. The van der Waals surface area contributed by atoms with Crippen LogP contribution in [-0.2, 0) is 0 Å². The zero-order valence-corrected chi connectivity index (χ0v) is 12.9. The fourth-order valence-corrected chi connectivity index (χ4v) is 2.32. The molecule has 0 heterocycles. The number of nitrogens with one attached hydrogen (secondary N) is 1. The molecule has 1 N–H and O–H groups in total. The van der Waals surface area contributed by atoms with Crippen molar-refractivity contribution in [1.82, 2.24) is 5.32 Å². The van der Waals surface area contributed by atoms with E-state index in [1.54, 1.807) is 7.11 Å². The number of hydrogen-bond acceptors (Lipinski definition) is 2. The number of ether oxygens (including phenoxy) is 1. The molecule has 1 aromatic rings. The van der Waals surface area contributed by atoms with Gasteiger partial charge >= 0.3 is 0 Å². The highest BCUT2D eigenvalue weighted by molar-refractivity contribution is 5.30. The van der Waals surface area contributed by atoms with Crippen molar-refractivity contribution < 1.29 is 4.74 Å². The molecular formula is C17H29NO. The lowest BCUT2D eigenvalue weighted by Crippen LogP contribution is -2.25. The minimum Gasteiger partial charge on any atom is -0.497 e. The number of unbranched alkanes of at least 4 members (excludes halogenated alkanes) is 1. The van der Waals surface area contributed by atoms with Crippen LogP contribution in [0.2, 0.25) is 0 Å². The molecule has 2 atom stereocenters. The molecule has 0 aliphatic rings. The first-order valence-corrected chi connectivity index (χ1v) is 7.58. The summed E-state index contributed by atoms with van der Waals surface area (Å²) in [5.74, 6) is 1.73. The summed E-state index contributed by atoms with van der Waals surface area (Å²) >= 11 is 0. The van der Waals surface area contributed by atoms with Crippen LogP contribution in [0.3, 0.4) is 0 Å². The van der Waals surface area contributed by atoms with E-state index < -0.39 is 0 Å². The van der Waals surface area contributed by atoms with Crippen molar-refractivity contribution in [3.63, 3.8) is 0 Å². The lowest BCUT2D eigenvalue weighted by molar-refractivity contribution is 0.395. The molecule has 0 aromatic heterocycles. The number of methoxy groups -OCH3 is 1. The summed E-state index contributed by atoms with van der Waals surface area (Å²) in [4.78, 5) is 0. The van der Waals surface area contributed by atoms with Gasteiger partial charge in [-0.2, -0.15) is 0 Å². The van der Waals surface area contributed by atoms with Crippen molar-refractivity contribution >= 4 is 0 Å². The van der Waals surface area contributed by atoms with Crippen LogP contribution in [0.15, 0.2) is 24.3 Å². The first-order valence-electron chi connectivity index (χ1n) is 7.58.